The van der Waals surface area contributed by atoms with Gasteiger partial charge in [0, 0.05) is 42.8 Å². The Hall–Kier alpha value is -3.78. The third kappa shape index (κ3) is 4.18. The van der Waals surface area contributed by atoms with Gasteiger partial charge < -0.3 is 24.8 Å². The number of piperidine rings is 1. The van der Waals surface area contributed by atoms with Gasteiger partial charge >= 0.3 is 0 Å². The molecule has 0 spiro atoms. The number of carbonyl (C=O) groups excluding carboxylic acids is 2. The Labute approximate surface area is 225 Å². The monoisotopic (exact) mass is 529 g/mol. The lowest BCUT2D eigenvalue weighted by Gasteiger charge is -2.58. The van der Waals surface area contributed by atoms with E-state index in [0.29, 0.717) is 49.2 Å². The Morgan fingerprint density at radius 1 is 1.23 bits per heavy atom. The number of nitrogens with one attached hydrogen (secondary N) is 2. The molecular formula is C28H31N7O4. The molecule has 39 heavy (non-hydrogen) atoms. The Morgan fingerprint density at radius 3 is 2.72 bits per heavy atom. The predicted molar refractivity (Wildman–Crippen MR) is 139 cm³/mol. The molecule has 5 fully saturated rings. The van der Waals surface area contributed by atoms with Crippen molar-refractivity contribution >= 4 is 28.4 Å². The minimum Gasteiger partial charge on any atom is -0.390 e. The number of carbonyl (C=O) groups is 2. The summed E-state index contributed by atoms with van der Waals surface area (Å²) in [4.78, 5) is 39.0. The van der Waals surface area contributed by atoms with Crippen LogP contribution in [-0.4, -0.2) is 66.5 Å². The van der Waals surface area contributed by atoms with Crippen molar-refractivity contribution in [3.8, 4) is 17.5 Å². The number of hydrogen-bond donors (Lipinski definition) is 3. The van der Waals surface area contributed by atoms with Crippen molar-refractivity contribution in [1.82, 2.24) is 25.0 Å². The topological polar surface area (TPSA) is 161 Å². The third-order valence-corrected chi connectivity index (χ3v) is 9.48. The molecule has 3 aromatic heterocycles. The average Bonchev–Trinajstić information content (AvgIpc) is 3.60. The number of fused-ring (bicyclic) bond motifs is 1. The fraction of sp³-hybridized carbons (Fsp3) is 0.571. The quantitative estimate of drug-likeness (QED) is 0.435. The Balaban J connectivity index is 1.13. The highest BCUT2D eigenvalue weighted by atomic mass is 16.5. The van der Waals surface area contributed by atoms with Crippen LogP contribution in [-0.2, 0) is 4.79 Å². The lowest BCUT2D eigenvalue weighted by atomic mass is 9.52. The van der Waals surface area contributed by atoms with Crippen LogP contribution in [0, 0.1) is 35.0 Å². The Kier molecular flexibility index (Phi) is 5.70. The van der Waals surface area contributed by atoms with Crippen LogP contribution in [0.3, 0.4) is 0 Å². The van der Waals surface area contributed by atoms with Gasteiger partial charge in [-0.05, 0) is 68.8 Å². The van der Waals surface area contributed by atoms with E-state index in [1.165, 1.54) is 0 Å². The Morgan fingerprint density at radius 2 is 2.00 bits per heavy atom. The molecule has 5 aliphatic rings. The number of nitrogens with zero attached hydrogens (tertiary/aromatic N) is 5. The fourth-order valence-electron chi connectivity index (χ4n) is 7.90. The summed E-state index contributed by atoms with van der Waals surface area (Å²) in [5, 5.41) is 28.6. The molecule has 0 aromatic carbocycles. The molecule has 11 heteroatoms. The molecule has 0 radical (unpaired) electrons. The SMILES string of the molecule is N#CCC(=O)C1CCN(C(=O)c2noc(-c3cnc4[nH]ccc4c3N[C@H]3C4CC5CC3C[C@@](O)(C5)C4)n2)CC1. The molecule has 4 saturated carbocycles. The molecule has 2 atom stereocenters. The first-order valence-electron chi connectivity index (χ1n) is 13.9. The van der Waals surface area contributed by atoms with Crippen LogP contribution in [0.5, 0.6) is 0 Å². The van der Waals surface area contributed by atoms with Crippen LogP contribution in [0.1, 0.15) is 62.0 Å². The number of H-pyrrole nitrogens is 1. The number of hydrogen-bond acceptors (Lipinski definition) is 9. The van der Waals surface area contributed by atoms with Gasteiger partial charge in [-0.3, -0.25) is 9.59 Å². The summed E-state index contributed by atoms with van der Waals surface area (Å²) in [7, 11) is 0. The number of likely N-dealkylation sites (tertiary alicyclic amines) is 1. The number of nitriles is 1. The largest absolute Gasteiger partial charge is 0.390 e. The maximum atomic E-state index is 13.2. The number of ketones is 1. The van der Waals surface area contributed by atoms with Crippen LogP contribution in [0.25, 0.3) is 22.5 Å². The molecule has 1 saturated heterocycles. The van der Waals surface area contributed by atoms with Gasteiger partial charge in [-0.2, -0.15) is 10.2 Å². The summed E-state index contributed by atoms with van der Waals surface area (Å²) >= 11 is 0. The molecule has 2 unspecified atom stereocenters. The van der Waals surface area contributed by atoms with E-state index in [4.69, 9.17) is 9.78 Å². The minimum atomic E-state index is -0.515. The van der Waals surface area contributed by atoms with Gasteiger partial charge in [0.05, 0.1) is 29.3 Å². The van der Waals surface area contributed by atoms with E-state index >= 15 is 0 Å². The molecule has 4 heterocycles. The Bertz CT molecular complexity index is 1460. The van der Waals surface area contributed by atoms with E-state index in [0.717, 1.165) is 48.8 Å². The normalized spacial score (nSPS) is 30.0. The highest BCUT2D eigenvalue weighted by Crippen LogP contribution is 2.56. The first kappa shape index (κ1) is 24.3. The summed E-state index contributed by atoms with van der Waals surface area (Å²) in [5.41, 5.74) is 1.72. The van der Waals surface area contributed by atoms with Gasteiger partial charge in [0.1, 0.15) is 11.4 Å². The van der Waals surface area contributed by atoms with Crippen LogP contribution in [0.15, 0.2) is 23.0 Å². The highest BCUT2D eigenvalue weighted by Gasteiger charge is 2.54. The van der Waals surface area contributed by atoms with Gasteiger partial charge in [0.2, 0.25) is 0 Å². The van der Waals surface area contributed by atoms with E-state index in [1.807, 2.05) is 18.3 Å². The second-order valence-electron chi connectivity index (χ2n) is 11.9. The zero-order valence-electron chi connectivity index (χ0n) is 21.6. The number of Topliss-reactive ketones (excluding diaryl/α,β-unsaturated/α-hetero) is 1. The molecule has 8 rings (SSSR count). The van der Waals surface area contributed by atoms with Crippen molar-refractivity contribution in [1.29, 1.82) is 5.26 Å². The number of pyridine rings is 1. The zero-order chi connectivity index (χ0) is 26.7. The average molecular weight is 530 g/mol. The minimum absolute atomic E-state index is 0.0243. The lowest BCUT2D eigenvalue weighted by Crippen LogP contribution is -2.59. The van der Waals surface area contributed by atoms with E-state index in [1.54, 1.807) is 11.1 Å². The number of anilines is 1. The van der Waals surface area contributed by atoms with Gasteiger partial charge in [-0.25, -0.2) is 4.98 Å². The molecule has 1 aliphatic heterocycles. The predicted octanol–water partition coefficient (Wildman–Crippen LogP) is 3.30. The molecule has 3 aromatic rings. The van der Waals surface area contributed by atoms with Gasteiger partial charge in [0.15, 0.2) is 0 Å². The number of aromatic nitrogens is 4. The second kappa shape index (κ2) is 9.16. The van der Waals surface area contributed by atoms with E-state index in [9.17, 15) is 14.7 Å². The van der Waals surface area contributed by atoms with Crippen molar-refractivity contribution in [3.05, 3.63) is 24.3 Å². The molecule has 4 bridgehead atoms. The number of aliphatic hydroxyl groups is 1. The van der Waals surface area contributed by atoms with Crippen molar-refractivity contribution in [2.75, 3.05) is 18.4 Å². The maximum Gasteiger partial charge on any atom is 0.295 e. The van der Waals surface area contributed by atoms with E-state index in [2.05, 4.69) is 25.4 Å². The molecule has 3 N–H and O–H groups in total. The summed E-state index contributed by atoms with van der Waals surface area (Å²) in [5.74, 6) is 1.02. The standard InChI is InChI=1S/C28H31N7O4/c29-5-1-21(36)16-3-7-35(8-4-16)27(37)25-33-26(39-34-25)20-14-31-24-19(2-6-30-24)23(20)32-22-17-9-15-10-18(22)13-28(38,11-15)12-17/h2,6,14-18,22,38H,1,3-4,7-13H2,(H2,30,31,32)/t15?,17?,18?,22-,28+. The van der Waals surface area contributed by atoms with Crippen LogP contribution < -0.4 is 5.32 Å². The molecule has 11 nitrogen and oxygen atoms in total. The smallest absolute Gasteiger partial charge is 0.295 e. The summed E-state index contributed by atoms with van der Waals surface area (Å²) in [6.45, 7) is 0.817. The fourth-order valence-corrected chi connectivity index (χ4v) is 7.90. The van der Waals surface area contributed by atoms with Crippen LogP contribution >= 0.6 is 0 Å². The number of rotatable bonds is 6. The summed E-state index contributed by atoms with van der Waals surface area (Å²) in [6, 6.07) is 4.12. The van der Waals surface area contributed by atoms with Crippen molar-refractivity contribution in [3.63, 3.8) is 0 Å². The summed E-state index contributed by atoms with van der Waals surface area (Å²) in [6.07, 6.45) is 9.35. The lowest BCUT2D eigenvalue weighted by molar-refractivity contribution is -0.129. The molecule has 202 valence electrons. The van der Waals surface area contributed by atoms with Gasteiger partial charge in [0.25, 0.3) is 17.6 Å². The molecule has 4 aliphatic carbocycles. The first-order chi connectivity index (χ1) is 18.9. The molecular weight excluding hydrogens is 498 g/mol. The van der Waals surface area contributed by atoms with Crippen LogP contribution in [0.4, 0.5) is 5.69 Å². The zero-order valence-corrected chi connectivity index (χ0v) is 21.6. The van der Waals surface area contributed by atoms with Gasteiger partial charge in [-0.15, -0.1) is 0 Å². The first-order valence-corrected chi connectivity index (χ1v) is 13.9. The number of aromatic amines is 1. The summed E-state index contributed by atoms with van der Waals surface area (Å²) < 4.78 is 5.61. The molecule has 1 amide bonds. The third-order valence-electron chi connectivity index (χ3n) is 9.48. The second-order valence-corrected chi connectivity index (χ2v) is 11.9. The highest BCUT2D eigenvalue weighted by molar-refractivity contribution is 5.97. The van der Waals surface area contributed by atoms with Crippen molar-refractivity contribution in [2.45, 2.75) is 63.0 Å². The van der Waals surface area contributed by atoms with E-state index < -0.39 is 5.60 Å². The maximum absolute atomic E-state index is 13.2. The number of amides is 1. The van der Waals surface area contributed by atoms with Crippen molar-refractivity contribution < 1.29 is 19.2 Å². The van der Waals surface area contributed by atoms with Crippen LogP contribution in [0.2, 0.25) is 0 Å². The van der Waals surface area contributed by atoms with E-state index in [-0.39, 0.29) is 41.8 Å². The van der Waals surface area contributed by atoms with Gasteiger partial charge in [-0.1, -0.05) is 5.16 Å². The van der Waals surface area contributed by atoms with Crippen molar-refractivity contribution in [2.24, 2.45) is 23.7 Å².